The van der Waals surface area contributed by atoms with Crippen LogP contribution < -0.4 is 5.32 Å². The molecule has 2 rings (SSSR count). The average molecular weight is 211 g/mol. The standard InChI is InChI=1S/C9H17N5O/c1-10-5-9-11-12-13-14(9)6-8-3-2-4-15-7-8/h8,10H,2-7H2,1H3. The van der Waals surface area contributed by atoms with E-state index in [1.807, 2.05) is 11.7 Å². The van der Waals surface area contributed by atoms with Gasteiger partial charge in [0.1, 0.15) is 0 Å². The number of nitrogens with zero attached hydrogens (tertiary/aromatic N) is 4. The van der Waals surface area contributed by atoms with Gasteiger partial charge in [0.2, 0.25) is 0 Å². The van der Waals surface area contributed by atoms with E-state index < -0.39 is 0 Å². The van der Waals surface area contributed by atoms with Gasteiger partial charge in [-0.1, -0.05) is 0 Å². The Hall–Kier alpha value is -1.01. The van der Waals surface area contributed by atoms with Crippen LogP contribution in [0.5, 0.6) is 0 Å². The van der Waals surface area contributed by atoms with Crippen molar-refractivity contribution in [3.63, 3.8) is 0 Å². The van der Waals surface area contributed by atoms with Crippen LogP contribution in [0.4, 0.5) is 0 Å². The molecule has 1 fully saturated rings. The molecule has 84 valence electrons. The predicted molar refractivity (Wildman–Crippen MR) is 54.1 cm³/mol. The molecule has 1 N–H and O–H groups in total. The number of nitrogens with one attached hydrogen (secondary N) is 1. The van der Waals surface area contributed by atoms with E-state index in [0.717, 1.165) is 32.0 Å². The lowest BCUT2D eigenvalue weighted by Crippen LogP contribution is -2.24. The summed E-state index contributed by atoms with van der Waals surface area (Å²) in [5.74, 6) is 1.45. The minimum atomic E-state index is 0.554. The van der Waals surface area contributed by atoms with Gasteiger partial charge in [0.05, 0.1) is 13.2 Å². The zero-order chi connectivity index (χ0) is 10.5. The third-order valence-electron chi connectivity index (χ3n) is 2.63. The van der Waals surface area contributed by atoms with Crippen LogP contribution in [0.25, 0.3) is 0 Å². The summed E-state index contributed by atoms with van der Waals surface area (Å²) >= 11 is 0. The molecule has 0 bridgehead atoms. The topological polar surface area (TPSA) is 64.9 Å². The van der Waals surface area contributed by atoms with Crippen LogP contribution in [0.3, 0.4) is 0 Å². The average Bonchev–Trinajstić information content (AvgIpc) is 2.68. The van der Waals surface area contributed by atoms with Crippen LogP contribution >= 0.6 is 0 Å². The monoisotopic (exact) mass is 211 g/mol. The maximum Gasteiger partial charge on any atom is 0.165 e. The van der Waals surface area contributed by atoms with Gasteiger partial charge in [-0.15, -0.1) is 5.10 Å². The van der Waals surface area contributed by atoms with Crippen molar-refractivity contribution in [2.24, 2.45) is 5.92 Å². The molecule has 1 atom stereocenters. The van der Waals surface area contributed by atoms with E-state index in [2.05, 4.69) is 20.8 Å². The second kappa shape index (κ2) is 5.18. The number of rotatable bonds is 4. The lowest BCUT2D eigenvalue weighted by molar-refractivity contribution is 0.0464. The summed E-state index contributed by atoms with van der Waals surface area (Å²) in [6, 6.07) is 0. The molecule has 2 heterocycles. The highest BCUT2D eigenvalue weighted by atomic mass is 16.5. The number of hydrogen-bond donors (Lipinski definition) is 1. The molecule has 6 nitrogen and oxygen atoms in total. The first-order chi connectivity index (χ1) is 7.40. The molecular weight excluding hydrogens is 194 g/mol. The molecule has 1 aromatic rings. The minimum absolute atomic E-state index is 0.554. The molecule has 0 aliphatic carbocycles. The van der Waals surface area contributed by atoms with Gasteiger partial charge in [0.15, 0.2) is 5.82 Å². The molecule has 0 spiro atoms. The third kappa shape index (κ3) is 2.73. The van der Waals surface area contributed by atoms with Crippen molar-refractivity contribution in [3.05, 3.63) is 5.82 Å². The first-order valence-electron chi connectivity index (χ1n) is 5.37. The maximum absolute atomic E-state index is 5.43. The van der Waals surface area contributed by atoms with Gasteiger partial charge < -0.3 is 10.1 Å². The van der Waals surface area contributed by atoms with Crippen LogP contribution in [0, 0.1) is 5.92 Å². The van der Waals surface area contributed by atoms with Crippen molar-refractivity contribution in [2.75, 3.05) is 20.3 Å². The Morgan fingerprint density at radius 2 is 2.53 bits per heavy atom. The molecule has 1 aliphatic rings. The molecular formula is C9H17N5O. The lowest BCUT2D eigenvalue weighted by atomic mass is 10.0. The van der Waals surface area contributed by atoms with Gasteiger partial charge in [-0.2, -0.15) is 0 Å². The molecule has 0 saturated carbocycles. The van der Waals surface area contributed by atoms with E-state index in [1.54, 1.807) is 0 Å². The Bertz CT molecular complexity index is 294. The second-order valence-corrected chi connectivity index (χ2v) is 3.89. The number of hydrogen-bond acceptors (Lipinski definition) is 5. The van der Waals surface area contributed by atoms with Gasteiger partial charge in [0, 0.05) is 19.1 Å². The molecule has 0 amide bonds. The van der Waals surface area contributed by atoms with Crippen LogP contribution in [-0.2, 0) is 17.8 Å². The van der Waals surface area contributed by atoms with Gasteiger partial charge in [-0.25, -0.2) is 4.68 Å². The van der Waals surface area contributed by atoms with Crippen molar-refractivity contribution in [1.29, 1.82) is 0 Å². The van der Waals surface area contributed by atoms with E-state index in [4.69, 9.17) is 4.74 Å². The Morgan fingerprint density at radius 3 is 3.27 bits per heavy atom. The maximum atomic E-state index is 5.43. The molecule has 15 heavy (non-hydrogen) atoms. The summed E-state index contributed by atoms with van der Waals surface area (Å²) < 4.78 is 7.30. The normalized spacial score (nSPS) is 21.8. The van der Waals surface area contributed by atoms with Crippen molar-refractivity contribution >= 4 is 0 Å². The molecule has 0 radical (unpaired) electrons. The molecule has 0 aromatic carbocycles. The van der Waals surface area contributed by atoms with E-state index >= 15 is 0 Å². The summed E-state index contributed by atoms with van der Waals surface area (Å²) in [4.78, 5) is 0. The Balaban J connectivity index is 1.93. The van der Waals surface area contributed by atoms with Gasteiger partial charge in [0.25, 0.3) is 0 Å². The van der Waals surface area contributed by atoms with Crippen molar-refractivity contribution in [2.45, 2.75) is 25.9 Å². The quantitative estimate of drug-likeness (QED) is 0.748. The van der Waals surface area contributed by atoms with Gasteiger partial charge in [-0.3, -0.25) is 0 Å². The molecule has 1 unspecified atom stereocenters. The summed E-state index contributed by atoms with van der Waals surface area (Å²) in [7, 11) is 1.89. The van der Waals surface area contributed by atoms with Crippen LogP contribution in [0.2, 0.25) is 0 Å². The number of aromatic nitrogens is 4. The van der Waals surface area contributed by atoms with Crippen LogP contribution in [0.15, 0.2) is 0 Å². The second-order valence-electron chi connectivity index (χ2n) is 3.89. The summed E-state index contributed by atoms with van der Waals surface area (Å²) in [6.07, 6.45) is 2.35. The Kier molecular flexibility index (Phi) is 3.63. The third-order valence-corrected chi connectivity index (χ3v) is 2.63. The molecule has 1 aliphatic heterocycles. The van der Waals surface area contributed by atoms with Crippen molar-refractivity contribution < 1.29 is 4.74 Å². The SMILES string of the molecule is CNCc1nnnn1CC1CCCOC1. The summed E-state index contributed by atoms with van der Waals surface area (Å²) in [6.45, 7) is 3.30. The first kappa shape index (κ1) is 10.5. The zero-order valence-electron chi connectivity index (χ0n) is 9.02. The highest BCUT2D eigenvalue weighted by molar-refractivity contribution is 4.80. The Labute approximate surface area is 89.0 Å². The van der Waals surface area contributed by atoms with Crippen molar-refractivity contribution in [3.8, 4) is 0 Å². The fourth-order valence-corrected chi connectivity index (χ4v) is 1.85. The molecule has 1 aromatic heterocycles. The highest BCUT2D eigenvalue weighted by Gasteiger charge is 2.16. The lowest BCUT2D eigenvalue weighted by Gasteiger charge is -2.21. The van der Waals surface area contributed by atoms with Crippen LogP contribution in [0.1, 0.15) is 18.7 Å². The van der Waals surface area contributed by atoms with Gasteiger partial charge in [-0.05, 0) is 30.3 Å². The molecule has 6 heteroatoms. The van der Waals surface area contributed by atoms with E-state index in [9.17, 15) is 0 Å². The predicted octanol–water partition coefficient (Wildman–Crippen LogP) is -0.181. The van der Waals surface area contributed by atoms with Gasteiger partial charge >= 0.3 is 0 Å². The Morgan fingerprint density at radius 1 is 1.60 bits per heavy atom. The van der Waals surface area contributed by atoms with E-state index in [-0.39, 0.29) is 0 Å². The summed E-state index contributed by atoms with van der Waals surface area (Å²) in [5.41, 5.74) is 0. The minimum Gasteiger partial charge on any atom is -0.381 e. The number of ether oxygens (including phenoxy) is 1. The summed E-state index contributed by atoms with van der Waals surface area (Å²) in [5, 5.41) is 14.7. The van der Waals surface area contributed by atoms with Crippen LogP contribution in [-0.4, -0.2) is 40.5 Å². The fraction of sp³-hybridized carbons (Fsp3) is 0.889. The van der Waals surface area contributed by atoms with E-state index in [0.29, 0.717) is 12.5 Å². The zero-order valence-corrected chi connectivity index (χ0v) is 9.02. The van der Waals surface area contributed by atoms with E-state index in [1.165, 1.54) is 6.42 Å². The smallest absolute Gasteiger partial charge is 0.165 e. The van der Waals surface area contributed by atoms with Crippen molar-refractivity contribution in [1.82, 2.24) is 25.5 Å². The highest BCUT2D eigenvalue weighted by Crippen LogP contribution is 2.15. The fourth-order valence-electron chi connectivity index (χ4n) is 1.85. The largest absolute Gasteiger partial charge is 0.381 e. The first-order valence-corrected chi connectivity index (χ1v) is 5.37. The molecule has 1 saturated heterocycles. The number of tetrazole rings is 1.